The first-order valence-corrected chi connectivity index (χ1v) is 8.11. The van der Waals surface area contributed by atoms with Crippen LogP contribution in [0.25, 0.3) is 0 Å². The van der Waals surface area contributed by atoms with Crippen molar-refractivity contribution in [3.63, 3.8) is 0 Å². The third-order valence-electron chi connectivity index (χ3n) is 3.76. The second-order valence-corrected chi connectivity index (χ2v) is 5.55. The van der Waals surface area contributed by atoms with Crippen LogP contribution in [0.2, 0.25) is 0 Å². The highest BCUT2D eigenvalue weighted by atomic mass is 16.2. The minimum atomic E-state index is -0.403. The first-order chi connectivity index (χ1) is 11.7. The van der Waals surface area contributed by atoms with E-state index in [1.54, 1.807) is 6.20 Å². The molecule has 1 aromatic heterocycles. The van der Waals surface area contributed by atoms with E-state index in [1.807, 2.05) is 12.1 Å². The number of anilines is 1. The predicted octanol–water partition coefficient (Wildman–Crippen LogP) is 0.621. The monoisotopic (exact) mass is 329 g/mol. The standard InChI is InChI=1S/C17H23N5O2/c1-2-8-18-15(23)13-21-17(24)20-12-14-7-6-9-19-16(14)22-10-4-3-5-11-22/h1,6-7,9H,3-5,8,10-13H2,(H,18,23)(H2,20,21,24). The Morgan fingerprint density at radius 1 is 1.21 bits per heavy atom. The third kappa shape index (κ3) is 5.47. The number of amides is 3. The molecule has 0 atom stereocenters. The molecule has 1 aromatic rings. The molecule has 0 aliphatic carbocycles. The van der Waals surface area contributed by atoms with Crippen molar-refractivity contribution in [3.8, 4) is 12.3 Å². The molecule has 7 heteroatoms. The summed E-state index contributed by atoms with van der Waals surface area (Å²) >= 11 is 0. The van der Waals surface area contributed by atoms with Crippen LogP contribution in [0.5, 0.6) is 0 Å². The van der Waals surface area contributed by atoms with Crippen LogP contribution < -0.4 is 20.9 Å². The molecular weight excluding hydrogens is 306 g/mol. The molecule has 24 heavy (non-hydrogen) atoms. The van der Waals surface area contributed by atoms with Gasteiger partial charge in [-0.25, -0.2) is 9.78 Å². The zero-order valence-corrected chi connectivity index (χ0v) is 13.7. The number of piperidine rings is 1. The topological polar surface area (TPSA) is 86.4 Å². The minimum absolute atomic E-state index is 0.112. The quantitative estimate of drug-likeness (QED) is 0.668. The molecule has 0 radical (unpaired) electrons. The molecule has 0 spiro atoms. The summed E-state index contributed by atoms with van der Waals surface area (Å²) in [6.45, 7) is 2.38. The van der Waals surface area contributed by atoms with E-state index in [-0.39, 0.29) is 19.0 Å². The summed E-state index contributed by atoms with van der Waals surface area (Å²) in [7, 11) is 0. The predicted molar refractivity (Wildman–Crippen MR) is 92.4 cm³/mol. The molecular formula is C17H23N5O2. The molecule has 2 rings (SSSR count). The van der Waals surface area contributed by atoms with Gasteiger partial charge in [0.25, 0.3) is 0 Å². The van der Waals surface area contributed by atoms with Crippen LogP contribution in [-0.4, -0.2) is 43.1 Å². The number of terminal acetylenes is 1. The summed E-state index contributed by atoms with van der Waals surface area (Å²) in [6.07, 6.45) is 10.4. The van der Waals surface area contributed by atoms with Crippen LogP contribution in [0.3, 0.4) is 0 Å². The summed E-state index contributed by atoms with van der Waals surface area (Å²) in [5.74, 6) is 2.90. The minimum Gasteiger partial charge on any atom is -0.356 e. The maximum Gasteiger partial charge on any atom is 0.315 e. The van der Waals surface area contributed by atoms with E-state index >= 15 is 0 Å². The molecule has 7 nitrogen and oxygen atoms in total. The van der Waals surface area contributed by atoms with Crippen molar-refractivity contribution in [1.82, 2.24) is 20.9 Å². The zero-order valence-electron chi connectivity index (χ0n) is 13.7. The molecule has 0 aromatic carbocycles. The highest BCUT2D eigenvalue weighted by molar-refractivity contribution is 5.84. The molecule has 0 saturated carbocycles. The number of hydrogen-bond donors (Lipinski definition) is 3. The SMILES string of the molecule is C#CCNC(=O)CNC(=O)NCc1cccnc1N1CCCCC1. The van der Waals surface area contributed by atoms with Gasteiger partial charge in [-0.1, -0.05) is 12.0 Å². The van der Waals surface area contributed by atoms with E-state index < -0.39 is 6.03 Å². The second kappa shape index (κ2) is 9.40. The fourth-order valence-corrected chi connectivity index (χ4v) is 2.57. The molecule has 1 aliphatic rings. The Bertz CT molecular complexity index is 605. The largest absolute Gasteiger partial charge is 0.356 e. The molecule has 3 amide bonds. The van der Waals surface area contributed by atoms with Gasteiger partial charge in [-0.05, 0) is 25.3 Å². The highest BCUT2D eigenvalue weighted by Gasteiger charge is 2.15. The van der Waals surface area contributed by atoms with Gasteiger partial charge in [-0.2, -0.15) is 0 Å². The van der Waals surface area contributed by atoms with Gasteiger partial charge in [0.05, 0.1) is 13.1 Å². The molecule has 0 bridgehead atoms. The number of nitrogens with zero attached hydrogens (tertiary/aromatic N) is 2. The van der Waals surface area contributed by atoms with Crippen LogP contribution in [0.1, 0.15) is 24.8 Å². The van der Waals surface area contributed by atoms with Gasteiger partial charge >= 0.3 is 6.03 Å². The number of carbonyl (C=O) groups excluding carboxylic acids is 2. The van der Waals surface area contributed by atoms with Gasteiger partial charge in [-0.3, -0.25) is 4.79 Å². The highest BCUT2D eigenvalue weighted by Crippen LogP contribution is 2.21. The normalized spacial score (nSPS) is 13.7. The molecule has 3 N–H and O–H groups in total. The van der Waals surface area contributed by atoms with Crippen molar-refractivity contribution in [2.75, 3.05) is 31.1 Å². The molecule has 2 heterocycles. The number of carbonyl (C=O) groups is 2. The molecule has 1 fully saturated rings. The second-order valence-electron chi connectivity index (χ2n) is 5.55. The Labute approximate surface area is 142 Å². The van der Waals surface area contributed by atoms with E-state index in [9.17, 15) is 9.59 Å². The smallest absolute Gasteiger partial charge is 0.315 e. The maximum atomic E-state index is 11.8. The van der Waals surface area contributed by atoms with E-state index in [0.29, 0.717) is 6.54 Å². The van der Waals surface area contributed by atoms with Crippen molar-refractivity contribution in [1.29, 1.82) is 0 Å². The molecule has 0 unspecified atom stereocenters. The van der Waals surface area contributed by atoms with Crippen LogP contribution in [0.15, 0.2) is 18.3 Å². The Hall–Kier alpha value is -2.75. The van der Waals surface area contributed by atoms with Crippen molar-refractivity contribution < 1.29 is 9.59 Å². The van der Waals surface area contributed by atoms with E-state index in [1.165, 1.54) is 6.42 Å². The summed E-state index contributed by atoms with van der Waals surface area (Å²) in [5, 5.41) is 7.73. The third-order valence-corrected chi connectivity index (χ3v) is 3.76. The fourth-order valence-electron chi connectivity index (χ4n) is 2.57. The molecule has 128 valence electrons. The lowest BCUT2D eigenvalue weighted by Gasteiger charge is -2.29. The number of hydrogen-bond acceptors (Lipinski definition) is 4. The number of pyridine rings is 1. The molecule has 1 saturated heterocycles. The summed E-state index contributed by atoms with van der Waals surface area (Å²) < 4.78 is 0. The lowest BCUT2D eigenvalue weighted by atomic mass is 10.1. The van der Waals surface area contributed by atoms with Crippen LogP contribution in [0.4, 0.5) is 10.6 Å². The first kappa shape index (κ1) is 17.6. The van der Waals surface area contributed by atoms with Crippen molar-refractivity contribution in [2.24, 2.45) is 0 Å². The fraction of sp³-hybridized carbons (Fsp3) is 0.471. The Kier molecular flexibility index (Phi) is 6.90. The van der Waals surface area contributed by atoms with Crippen LogP contribution in [-0.2, 0) is 11.3 Å². The number of aromatic nitrogens is 1. The summed E-state index contributed by atoms with van der Waals surface area (Å²) in [4.78, 5) is 29.9. The van der Waals surface area contributed by atoms with E-state index in [4.69, 9.17) is 6.42 Å². The van der Waals surface area contributed by atoms with Gasteiger partial charge in [0.15, 0.2) is 0 Å². The van der Waals surface area contributed by atoms with Gasteiger partial charge in [0.2, 0.25) is 5.91 Å². The first-order valence-electron chi connectivity index (χ1n) is 8.11. The Balaban J connectivity index is 1.82. The summed E-state index contributed by atoms with van der Waals surface area (Å²) in [5.41, 5.74) is 0.964. The number of urea groups is 1. The molecule has 1 aliphatic heterocycles. The van der Waals surface area contributed by atoms with E-state index in [0.717, 1.165) is 37.3 Å². The number of rotatable bonds is 6. The van der Waals surface area contributed by atoms with Crippen molar-refractivity contribution >= 4 is 17.8 Å². The lowest BCUT2D eigenvalue weighted by molar-refractivity contribution is -0.119. The lowest BCUT2D eigenvalue weighted by Crippen LogP contribution is -2.42. The average Bonchev–Trinajstić information content (AvgIpc) is 2.64. The average molecular weight is 329 g/mol. The van der Waals surface area contributed by atoms with Gasteiger partial charge in [0.1, 0.15) is 5.82 Å². The van der Waals surface area contributed by atoms with E-state index in [2.05, 4.69) is 31.8 Å². The van der Waals surface area contributed by atoms with Gasteiger partial charge in [-0.15, -0.1) is 6.42 Å². The van der Waals surface area contributed by atoms with Gasteiger partial charge in [0, 0.05) is 31.4 Å². The van der Waals surface area contributed by atoms with Crippen LogP contribution in [0, 0.1) is 12.3 Å². The van der Waals surface area contributed by atoms with Crippen molar-refractivity contribution in [2.45, 2.75) is 25.8 Å². The summed E-state index contributed by atoms with van der Waals surface area (Å²) in [6, 6.07) is 3.41. The van der Waals surface area contributed by atoms with Crippen molar-refractivity contribution in [3.05, 3.63) is 23.9 Å². The maximum absolute atomic E-state index is 11.8. The Morgan fingerprint density at radius 3 is 2.75 bits per heavy atom. The zero-order chi connectivity index (χ0) is 17.2. The van der Waals surface area contributed by atoms with Crippen LogP contribution >= 0.6 is 0 Å². The Morgan fingerprint density at radius 2 is 2.00 bits per heavy atom. The van der Waals surface area contributed by atoms with Gasteiger partial charge < -0.3 is 20.9 Å². The number of nitrogens with one attached hydrogen (secondary N) is 3.